The van der Waals surface area contributed by atoms with Gasteiger partial charge in [0.15, 0.2) is 9.84 Å². The number of halogens is 3. The van der Waals surface area contributed by atoms with Crippen molar-refractivity contribution in [2.24, 2.45) is 5.92 Å². The van der Waals surface area contributed by atoms with Crippen LogP contribution in [0.4, 0.5) is 13.2 Å². The lowest BCUT2D eigenvalue weighted by Crippen LogP contribution is -2.26. The molecule has 0 saturated carbocycles. The topological polar surface area (TPSA) is 79.4 Å². The molecule has 1 aliphatic heterocycles. The van der Waals surface area contributed by atoms with Gasteiger partial charge in [0.1, 0.15) is 0 Å². The number of sulfone groups is 1. The van der Waals surface area contributed by atoms with Crippen LogP contribution in [0.1, 0.15) is 59.1 Å². The molecule has 0 radical (unpaired) electrons. The predicted octanol–water partition coefficient (Wildman–Crippen LogP) is 5.41. The van der Waals surface area contributed by atoms with Crippen LogP contribution in [0.5, 0.6) is 0 Å². The van der Waals surface area contributed by atoms with Crippen LogP contribution < -0.4 is 5.32 Å². The Kier molecular flexibility index (Phi) is 8.22. The summed E-state index contributed by atoms with van der Waals surface area (Å²) < 4.78 is 63.6. The highest BCUT2D eigenvalue weighted by Gasteiger charge is 2.35. The maximum Gasteiger partial charge on any atom is 0.416 e. The van der Waals surface area contributed by atoms with Crippen LogP contribution in [0.2, 0.25) is 0 Å². The SMILES string of the molecule is CC(C)[C@H]1c2ncc(C(=O)NCCCS(=O)(=O)c3ccccc3)cc2CN1Cc1ccc(C(F)(F)F)cc1. The standard InChI is InChI=1S/C28H30F3N3O3S/c1-19(2)26-25-22(18-34(26)17-20-9-11-23(12-10-20)28(29,30)31)15-21(16-33-25)27(35)32-13-6-14-38(36,37)24-7-4-3-5-8-24/h3-5,7-12,15-16,19,26H,6,13-14,17-18H2,1-2H3,(H,32,35)/t26-/m0/s1. The third kappa shape index (κ3) is 6.42. The summed E-state index contributed by atoms with van der Waals surface area (Å²) in [5.74, 6) is -0.210. The van der Waals surface area contributed by atoms with Crippen molar-refractivity contribution in [3.8, 4) is 0 Å². The summed E-state index contributed by atoms with van der Waals surface area (Å²) in [5.41, 5.74) is 2.22. The summed E-state index contributed by atoms with van der Waals surface area (Å²) in [4.78, 5) is 19.7. The fraction of sp³-hybridized carbons (Fsp3) is 0.357. The van der Waals surface area contributed by atoms with Gasteiger partial charge in [-0.15, -0.1) is 0 Å². The van der Waals surface area contributed by atoms with Gasteiger partial charge in [-0.25, -0.2) is 8.42 Å². The number of carbonyl (C=O) groups is 1. The molecule has 1 atom stereocenters. The summed E-state index contributed by atoms with van der Waals surface area (Å²) in [5, 5.41) is 2.77. The fourth-order valence-corrected chi connectivity index (χ4v) is 6.10. The van der Waals surface area contributed by atoms with E-state index < -0.39 is 21.6 Å². The Hall–Kier alpha value is -3.24. The number of fused-ring (bicyclic) bond motifs is 1. The highest BCUT2D eigenvalue weighted by molar-refractivity contribution is 7.91. The minimum Gasteiger partial charge on any atom is -0.352 e. The Morgan fingerprint density at radius 1 is 1.11 bits per heavy atom. The first kappa shape index (κ1) is 27.8. The molecule has 4 rings (SSSR count). The molecule has 1 N–H and O–H groups in total. The van der Waals surface area contributed by atoms with Crippen molar-refractivity contribution in [3.05, 3.63) is 94.8 Å². The van der Waals surface area contributed by atoms with E-state index in [9.17, 15) is 26.4 Å². The van der Waals surface area contributed by atoms with Gasteiger partial charge >= 0.3 is 6.18 Å². The minimum absolute atomic E-state index is 0.0346. The van der Waals surface area contributed by atoms with Gasteiger partial charge in [-0.3, -0.25) is 14.7 Å². The molecule has 0 spiro atoms. The van der Waals surface area contributed by atoms with Gasteiger partial charge in [0, 0.05) is 25.8 Å². The van der Waals surface area contributed by atoms with Crippen LogP contribution in [0.15, 0.2) is 71.8 Å². The number of rotatable bonds is 9. The second-order valence-electron chi connectivity index (χ2n) is 9.80. The molecule has 1 aliphatic rings. The lowest BCUT2D eigenvalue weighted by atomic mass is 9.99. The van der Waals surface area contributed by atoms with Crippen molar-refractivity contribution in [1.82, 2.24) is 15.2 Å². The maximum atomic E-state index is 12.9. The summed E-state index contributed by atoms with van der Waals surface area (Å²) >= 11 is 0. The van der Waals surface area contributed by atoms with Crippen molar-refractivity contribution in [1.29, 1.82) is 0 Å². The fourth-order valence-electron chi connectivity index (χ4n) is 4.77. The molecule has 2 heterocycles. The molecule has 0 fully saturated rings. The van der Waals surface area contributed by atoms with Crippen molar-refractivity contribution < 1.29 is 26.4 Å². The zero-order chi connectivity index (χ0) is 27.5. The van der Waals surface area contributed by atoms with Crippen molar-refractivity contribution >= 4 is 15.7 Å². The molecular formula is C28H30F3N3O3S. The van der Waals surface area contributed by atoms with Crippen LogP contribution in [-0.2, 0) is 29.1 Å². The Labute approximate surface area is 220 Å². The van der Waals surface area contributed by atoms with E-state index in [2.05, 4.69) is 29.0 Å². The predicted molar refractivity (Wildman–Crippen MR) is 138 cm³/mol. The van der Waals surface area contributed by atoms with Crippen LogP contribution in [-0.4, -0.2) is 36.5 Å². The molecule has 3 aromatic rings. The highest BCUT2D eigenvalue weighted by Crippen LogP contribution is 2.39. The van der Waals surface area contributed by atoms with Gasteiger partial charge in [0.05, 0.1) is 33.5 Å². The zero-order valence-corrected chi connectivity index (χ0v) is 22.0. The number of amides is 1. The molecule has 0 aliphatic carbocycles. The van der Waals surface area contributed by atoms with E-state index in [1.54, 1.807) is 36.4 Å². The molecule has 6 nitrogen and oxygen atoms in total. The zero-order valence-electron chi connectivity index (χ0n) is 21.2. The number of aromatic nitrogens is 1. The first-order chi connectivity index (χ1) is 18.0. The summed E-state index contributed by atoms with van der Waals surface area (Å²) in [7, 11) is -3.41. The largest absolute Gasteiger partial charge is 0.416 e. The Morgan fingerprint density at radius 3 is 2.42 bits per heavy atom. The van der Waals surface area contributed by atoms with Crippen molar-refractivity contribution in [2.45, 2.75) is 50.5 Å². The lowest BCUT2D eigenvalue weighted by Gasteiger charge is -2.27. The normalized spacial score (nSPS) is 16.0. The number of alkyl halides is 3. The maximum absolute atomic E-state index is 12.9. The van der Waals surface area contributed by atoms with Gasteiger partial charge in [-0.1, -0.05) is 44.2 Å². The molecule has 1 amide bonds. The molecular weight excluding hydrogens is 515 g/mol. The number of nitrogens with zero attached hydrogens (tertiary/aromatic N) is 2. The number of carbonyl (C=O) groups excluding carboxylic acids is 1. The third-order valence-electron chi connectivity index (χ3n) is 6.59. The first-order valence-corrected chi connectivity index (χ1v) is 14.1. The van der Waals surface area contributed by atoms with E-state index in [0.717, 1.165) is 29.0 Å². The van der Waals surface area contributed by atoms with E-state index in [1.165, 1.54) is 18.3 Å². The summed E-state index contributed by atoms with van der Waals surface area (Å²) in [6.45, 7) is 5.30. The molecule has 0 bridgehead atoms. The number of hydrogen-bond donors (Lipinski definition) is 1. The van der Waals surface area contributed by atoms with E-state index in [-0.39, 0.29) is 41.5 Å². The lowest BCUT2D eigenvalue weighted by molar-refractivity contribution is -0.137. The van der Waals surface area contributed by atoms with Crippen LogP contribution >= 0.6 is 0 Å². The highest BCUT2D eigenvalue weighted by atomic mass is 32.2. The molecule has 1 aromatic heterocycles. The quantitative estimate of drug-likeness (QED) is 0.364. The van der Waals surface area contributed by atoms with Gasteiger partial charge in [0.25, 0.3) is 5.91 Å². The monoisotopic (exact) mass is 545 g/mol. The van der Waals surface area contributed by atoms with Crippen molar-refractivity contribution in [2.75, 3.05) is 12.3 Å². The van der Waals surface area contributed by atoms with Gasteiger partial charge in [-0.2, -0.15) is 13.2 Å². The first-order valence-electron chi connectivity index (χ1n) is 12.4. The number of hydrogen-bond acceptors (Lipinski definition) is 5. The smallest absolute Gasteiger partial charge is 0.352 e. The Balaban J connectivity index is 1.38. The molecule has 10 heteroatoms. The molecule has 0 saturated heterocycles. The van der Waals surface area contributed by atoms with Gasteiger partial charge in [0.2, 0.25) is 0 Å². The van der Waals surface area contributed by atoms with E-state index in [4.69, 9.17) is 0 Å². The number of benzene rings is 2. The average molecular weight is 546 g/mol. The second kappa shape index (κ2) is 11.2. The van der Waals surface area contributed by atoms with Crippen LogP contribution in [0.3, 0.4) is 0 Å². The number of pyridine rings is 1. The Morgan fingerprint density at radius 2 is 1.79 bits per heavy atom. The average Bonchev–Trinajstić information content (AvgIpc) is 3.24. The van der Waals surface area contributed by atoms with Crippen LogP contribution in [0, 0.1) is 5.92 Å². The Bertz CT molecular complexity index is 1380. The molecule has 202 valence electrons. The minimum atomic E-state index is -4.38. The van der Waals surface area contributed by atoms with E-state index >= 15 is 0 Å². The summed E-state index contributed by atoms with van der Waals surface area (Å²) in [6.07, 6.45) is -2.58. The van der Waals surface area contributed by atoms with Gasteiger partial charge in [-0.05, 0) is 53.8 Å². The van der Waals surface area contributed by atoms with E-state index in [1.807, 2.05) is 0 Å². The molecule has 0 unspecified atom stereocenters. The van der Waals surface area contributed by atoms with Gasteiger partial charge < -0.3 is 5.32 Å². The van der Waals surface area contributed by atoms with Crippen LogP contribution in [0.25, 0.3) is 0 Å². The molecule has 2 aromatic carbocycles. The second-order valence-corrected chi connectivity index (χ2v) is 11.9. The summed E-state index contributed by atoms with van der Waals surface area (Å²) in [6, 6.07) is 15.1. The molecule has 38 heavy (non-hydrogen) atoms. The van der Waals surface area contributed by atoms with Crippen molar-refractivity contribution in [3.63, 3.8) is 0 Å². The number of nitrogens with one attached hydrogen (secondary N) is 1. The van der Waals surface area contributed by atoms with E-state index in [0.29, 0.717) is 18.7 Å². The third-order valence-corrected chi connectivity index (χ3v) is 8.40.